The number of ether oxygens (including phenoxy) is 3. The molecular weight excluding hydrogens is 406 g/mol. The number of amides is 1. The van der Waals surface area contributed by atoms with Gasteiger partial charge < -0.3 is 24.4 Å². The molecule has 2 heterocycles. The van der Waals surface area contributed by atoms with Crippen LogP contribution in [0.5, 0.6) is 11.5 Å². The van der Waals surface area contributed by atoms with Gasteiger partial charge in [-0.05, 0) is 42.3 Å². The molecule has 1 aromatic heterocycles. The van der Waals surface area contributed by atoms with Crippen molar-refractivity contribution >= 4 is 35.1 Å². The van der Waals surface area contributed by atoms with Crippen molar-refractivity contribution in [1.29, 1.82) is 0 Å². The Morgan fingerprint density at radius 3 is 2.80 bits per heavy atom. The highest BCUT2D eigenvalue weighted by Crippen LogP contribution is 2.36. The highest BCUT2D eigenvalue weighted by atomic mass is 35.5. The first-order chi connectivity index (χ1) is 14.6. The molecule has 30 heavy (non-hydrogen) atoms. The van der Waals surface area contributed by atoms with Crippen molar-refractivity contribution in [3.05, 3.63) is 47.1 Å². The number of carbonyl (C=O) groups is 1. The molecule has 1 saturated heterocycles. The third kappa shape index (κ3) is 5.87. The van der Waals surface area contributed by atoms with E-state index >= 15 is 0 Å². The number of rotatable bonds is 8. The summed E-state index contributed by atoms with van der Waals surface area (Å²) in [4.78, 5) is 18.9. The Morgan fingerprint density at radius 1 is 1.33 bits per heavy atom. The predicted molar refractivity (Wildman–Crippen MR) is 119 cm³/mol. The second-order valence-electron chi connectivity index (χ2n) is 6.71. The van der Waals surface area contributed by atoms with E-state index in [0.717, 1.165) is 30.9 Å². The van der Waals surface area contributed by atoms with Crippen molar-refractivity contribution < 1.29 is 19.0 Å². The van der Waals surface area contributed by atoms with Crippen LogP contribution in [0.1, 0.15) is 18.9 Å². The number of morpholine rings is 1. The summed E-state index contributed by atoms with van der Waals surface area (Å²) in [6, 6.07) is 7.24. The Hall–Kier alpha value is -2.77. The van der Waals surface area contributed by atoms with Crippen LogP contribution in [0.4, 0.5) is 11.5 Å². The number of pyridine rings is 1. The fourth-order valence-electron chi connectivity index (χ4n) is 2.98. The molecule has 160 valence electrons. The SMILES string of the molecule is CCCOc1c(Cl)cc(/C=C/C(=O)Nc2ccc(N3CCOCC3)nc2)cc1OC. The van der Waals surface area contributed by atoms with Gasteiger partial charge >= 0.3 is 0 Å². The van der Waals surface area contributed by atoms with Crippen molar-refractivity contribution in [3.63, 3.8) is 0 Å². The fourth-order valence-corrected chi connectivity index (χ4v) is 3.25. The summed E-state index contributed by atoms with van der Waals surface area (Å²) < 4.78 is 16.4. The smallest absolute Gasteiger partial charge is 0.248 e. The number of hydrogen-bond donors (Lipinski definition) is 1. The van der Waals surface area contributed by atoms with E-state index in [2.05, 4.69) is 15.2 Å². The second kappa shape index (κ2) is 10.8. The standard InChI is InChI=1S/C22H26ClN3O4/c1-3-10-30-22-18(23)13-16(14-19(22)28-2)4-7-21(27)25-17-5-6-20(24-15-17)26-8-11-29-12-9-26/h4-7,13-15H,3,8-12H2,1-2H3,(H,25,27)/b7-4+. The molecule has 1 aliphatic heterocycles. The molecule has 0 aliphatic carbocycles. The lowest BCUT2D eigenvalue weighted by molar-refractivity contribution is -0.111. The topological polar surface area (TPSA) is 72.9 Å². The molecule has 0 bridgehead atoms. The zero-order chi connectivity index (χ0) is 21.3. The van der Waals surface area contributed by atoms with E-state index in [9.17, 15) is 4.79 Å². The Bertz CT molecular complexity index is 881. The van der Waals surface area contributed by atoms with Gasteiger partial charge in [-0.3, -0.25) is 4.79 Å². The molecule has 0 spiro atoms. The maximum atomic E-state index is 12.3. The lowest BCUT2D eigenvalue weighted by atomic mass is 10.2. The number of carbonyl (C=O) groups excluding carboxylic acids is 1. The van der Waals surface area contributed by atoms with Crippen LogP contribution in [-0.2, 0) is 9.53 Å². The van der Waals surface area contributed by atoms with E-state index in [4.69, 9.17) is 25.8 Å². The van der Waals surface area contributed by atoms with Gasteiger partial charge in [-0.1, -0.05) is 18.5 Å². The second-order valence-corrected chi connectivity index (χ2v) is 7.12. The number of hydrogen-bond acceptors (Lipinski definition) is 6. The zero-order valence-corrected chi connectivity index (χ0v) is 17.9. The van der Waals surface area contributed by atoms with E-state index in [0.29, 0.717) is 42.0 Å². The summed E-state index contributed by atoms with van der Waals surface area (Å²) in [6.45, 7) is 5.59. The molecule has 0 radical (unpaired) electrons. The fraction of sp³-hybridized carbons (Fsp3) is 0.364. The first-order valence-corrected chi connectivity index (χ1v) is 10.3. The average Bonchev–Trinajstić information content (AvgIpc) is 2.77. The van der Waals surface area contributed by atoms with Crippen LogP contribution >= 0.6 is 11.6 Å². The predicted octanol–water partition coefficient (Wildman–Crippen LogP) is 4.02. The van der Waals surface area contributed by atoms with Gasteiger partial charge in [0.1, 0.15) is 5.82 Å². The van der Waals surface area contributed by atoms with E-state index in [1.165, 1.54) is 6.08 Å². The van der Waals surface area contributed by atoms with Crippen molar-refractivity contribution in [2.24, 2.45) is 0 Å². The molecular formula is C22H26ClN3O4. The lowest BCUT2D eigenvalue weighted by Gasteiger charge is -2.27. The normalized spacial score (nSPS) is 14.0. The third-order valence-electron chi connectivity index (χ3n) is 4.48. The number of nitrogens with zero attached hydrogens (tertiary/aromatic N) is 2. The van der Waals surface area contributed by atoms with Gasteiger partial charge in [0, 0.05) is 19.2 Å². The van der Waals surface area contributed by atoms with Gasteiger partial charge in [0.05, 0.1) is 43.8 Å². The molecule has 3 rings (SSSR count). The maximum absolute atomic E-state index is 12.3. The van der Waals surface area contributed by atoms with Crippen LogP contribution < -0.4 is 19.7 Å². The number of nitrogens with one attached hydrogen (secondary N) is 1. The van der Waals surface area contributed by atoms with Crippen LogP contribution in [0.25, 0.3) is 6.08 Å². The van der Waals surface area contributed by atoms with E-state index in [1.807, 2.05) is 19.1 Å². The van der Waals surface area contributed by atoms with Gasteiger partial charge in [0.2, 0.25) is 5.91 Å². The number of halogens is 1. The van der Waals surface area contributed by atoms with Gasteiger partial charge in [-0.15, -0.1) is 0 Å². The van der Waals surface area contributed by atoms with Gasteiger partial charge in [-0.25, -0.2) is 4.98 Å². The molecule has 1 amide bonds. The number of anilines is 2. The minimum atomic E-state index is -0.266. The first-order valence-electron chi connectivity index (χ1n) is 9.89. The minimum Gasteiger partial charge on any atom is -0.493 e. The lowest BCUT2D eigenvalue weighted by Crippen LogP contribution is -2.36. The summed E-state index contributed by atoms with van der Waals surface area (Å²) in [5.41, 5.74) is 1.36. The molecule has 0 atom stereocenters. The Balaban J connectivity index is 1.62. The number of methoxy groups -OCH3 is 1. The van der Waals surface area contributed by atoms with Crippen LogP contribution in [0.15, 0.2) is 36.5 Å². The van der Waals surface area contributed by atoms with Crippen LogP contribution in [0.2, 0.25) is 5.02 Å². The van der Waals surface area contributed by atoms with Gasteiger partial charge in [0.25, 0.3) is 0 Å². The van der Waals surface area contributed by atoms with Crippen molar-refractivity contribution in [1.82, 2.24) is 4.98 Å². The third-order valence-corrected chi connectivity index (χ3v) is 4.76. The molecule has 1 N–H and O–H groups in total. The van der Waals surface area contributed by atoms with Crippen molar-refractivity contribution in [2.75, 3.05) is 50.2 Å². The monoisotopic (exact) mass is 431 g/mol. The number of benzene rings is 1. The highest BCUT2D eigenvalue weighted by Gasteiger charge is 2.13. The minimum absolute atomic E-state index is 0.266. The summed E-state index contributed by atoms with van der Waals surface area (Å²) in [7, 11) is 1.55. The maximum Gasteiger partial charge on any atom is 0.248 e. The van der Waals surface area contributed by atoms with Gasteiger partial charge in [-0.2, -0.15) is 0 Å². The summed E-state index contributed by atoms with van der Waals surface area (Å²) in [5.74, 6) is 1.64. The van der Waals surface area contributed by atoms with Gasteiger partial charge in [0.15, 0.2) is 11.5 Å². The van der Waals surface area contributed by atoms with Crippen molar-refractivity contribution in [3.8, 4) is 11.5 Å². The Kier molecular flexibility index (Phi) is 7.93. The van der Waals surface area contributed by atoms with Crippen LogP contribution in [0.3, 0.4) is 0 Å². The van der Waals surface area contributed by atoms with Crippen molar-refractivity contribution in [2.45, 2.75) is 13.3 Å². The van der Waals surface area contributed by atoms with E-state index in [-0.39, 0.29) is 5.91 Å². The summed E-state index contributed by atoms with van der Waals surface area (Å²) in [5, 5.41) is 3.24. The Labute approximate surface area is 181 Å². The molecule has 2 aromatic rings. The Morgan fingerprint density at radius 2 is 2.13 bits per heavy atom. The molecule has 8 heteroatoms. The van der Waals surface area contributed by atoms with E-state index < -0.39 is 0 Å². The molecule has 1 fully saturated rings. The average molecular weight is 432 g/mol. The molecule has 1 aliphatic rings. The molecule has 7 nitrogen and oxygen atoms in total. The van der Waals surface area contributed by atoms with Crippen LogP contribution in [0, 0.1) is 0 Å². The van der Waals surface area contributed by atoms with E-state index in [1.54, 1.807) is 31.5 Å². The molecule has 0 unspecified atom stereocenters. The van der Waals surface area contributed by atoms with Crippen LogP contribution in [-0.4, -0.2) is 50.9 Å². The molecule has 0 saturated carbocycles. The number of aromatic nitrogens is 1. The largest absolute Gasteiger partial charge is 0.493 e. The zero-order valence-electron chi connectivity index (χ0n) is 17.2. The summed E-state index contributed by atoms with van der Waals surface area (Å²) >= 11 is 6.31. The highest BCUT2D eigenvalue weighted by molar-refractivity contribution is 6.32. The summed E-state index contributed by atoms with van der Waals surface area (Å²) in [6.07, 6.45) is 5.62. The first kappa shape index (κ1) is 21.9. The quantitative estimate of drug-likeness (QED) is 0.636. The molecule has 1 aromatic carbocycles.